The van der Waals surface area contributed by atoms with E-state index in [0.717, 1.165) is 37.0 Å². The van der Waals surface area contributed by atoms with Gasteiger partial charge in [0, 0.05) is 0 Å². The zero-order chi connectivity index (χ0) is 27.7. The maximum absolute atomic E-state index is 11.2. The molecule has 0 heterocycles. The molecule has 2 aliphatic rings. The molecule has 0 bridgehead atoms. The fourth-order valence-corrected chi connectivity index (χ4v) is 3.56. The molecule has 1 fully saturated rings. The van der Waals surface area contributed by atoms with E-state index in [9.17, 15) is 9.59 Å². The molecule has 0 spiro atoms. The summed E-state index contributed by atoms with van der Waals surface area (Å²) in [6, 6.07) is 8.26. The summed E-state index contributed by atoms with van der Waals surface area (Å²) in [4.78, 5) is 21.2. The first-order valence-electron chi connectivity index (χ1n) is 13.6. The molecule has 5 nitrogen and oxygen atoms in total. The number of hydrogen-bond acceptors (Lipinski definition) is 5. The Bertz CT molecular complexity index is 828. The van der Waals surface area contributed by atoms with E-state index >= 15 is 0 Å². The normalized spacial score (nSPS) is 16.2. The van der Waals surface area contributed by atoms with E-state index in [2.05, 4.69) is 52.0 Å². The number of allylic oxidation sites excluding steroid dienone is 1. The van der Waals surface area contributed by atoms with Crippen LogP contribution in [0.15, 0.2) is 29.8 Å². The number of aryl methyl sites for hydroxylation is 1. The average Bonchev–Trinajstić information content (AvgIpc) is 3.52. The predicted octanol–water partition coefficient (Wildman–Crippen LogP) is 4.76. The topological polar surface area (TPSA) is 76.5 Å². The van der Waals surface area contributed by atoms with Gasteiger partial charge in [0.05, 0.1) is 12.7 Å². The van der Waals surface area contributed by atoms with Crippen LogP contribution in [0, 0.1) is 43.1 Å². The van der Waals surface area contributed by atoms with Gasteiger partial charge in [-0.05, 0) is 74.0 Å². The van der Waals surface area contributed by atoms with Crippen LogP contribution in [0.1, 0.15) is 92.6 Å². The largest absolute Gasteiger partial charge is 1.00 e. The summed E-state index contributed by atoms with van der Waals surface area (Å²) in [7, 11) is 0. The number of nitrogens with one attached hydrogen (secondary N) is 1. The zero-order valence-electron chi connectivity index (χ0n) is 24.9. The number of benzene rings is 1. The third-order valence-corrected chi connectivity index (χ3v) is 5.85. The van der Waals surface area contributed by atoms with Crippen molar-refractivity contribution in [2.24, 2.45) is 17.8 Å². The summed E-state index contributed by atoms with van der Waals surface area (Å²) in [5.41, 5.74) is 2.05. The summed E-state index contributed by atoms with van der Waals surface area (Å²) in [5, 5.41) is 7.58. The molecule has 3 rings (SSSR count). The number of Topliss-reactive ketones (excluding diaryl/α,β-unsaturated/α-hetero) is 1. The van der Waals surface area contributed by atoms with Gasteiger partial charge >= 0.3 is 29.6 Å². The Kier molecular flexibility index (Phi) is 21.7. The fourth-order valence-electron chi connectivity index (χ4n) is 3.56. The van der Waals surface area contributed by atoms with Crippen molar-refractivity contribution in [2.75, 3.05) is 6.61 Å². The van der Waals surface area contributed by atoms with Crippen molar-refractivity contribution in [3.63, 3.8) is 0 Å². The molecule has 0 radical (unpaired) electrons. The Morgan fingerprint density at radius 3 is 2.03 bits per heavy atom. The van der Waals surface area contributed by atoms with E-state index in [1.165, 1.54) is 18.4 Å². The van der Waals surface area contributed by atoms with E-state index in [0.29, 0.717) is 24.5 Å². The van der Waals surface area contributed by atoms with Gasteiger partial charge in [0.1, 0.15) is 5.75 Å². The minimum absolute atomic E-state index is 0. The second-order valence-electron chi connectivity index (χ2n) is 9.20. The quantitative estimate of drug-likeness (QED) is 0.208. The number of ether oxygens (including phenoxy) is 2. The molecule has 204 valence electrons. The van der Waals surface area contributed by atoms with Crippen LogP contribution in [-0.2, 0) is 14.3 Å². The van der Waals surface area contributed by atoms with Gasteiger partial charge in [-0.3, -0.25) is 10.9 Å². The van der Waals surface area contributed by atoms with Crippen LogP contribution in [0.3, 0.4) is 0 Å². The third kappa shape index (κ3) is 14.8. The van der Waals surface area contributed by atoms with Gasteiger partial charge in [-0.25, -0.2) is 0 Å². The molecule has 1 saturated carbocycles. The summed E-state index contributed by atoms with van der Waals surface area (Å²) in [6.07, 6.45) is 10.2. The van der Waals surface area contributed by atoms with Crippen LogP contribution in [0.5, 0.6) is 5.75 Å². The number of hydrogen-bond donors (Lipinski definition) is 1. The number of carbonyl (C=O) groups excluding carboxylic acids is 2. The molecule has 2 aliphatic carbocycles. The molecule has 1 N–H and O–H groups in total. The Labute approximate surface area is 249 Å². The summed E-state index contributed by atoms with van der Waals surface area (Å²) >= 11 is 0. The van der Waals surface area contributed by atoms with E-state index in [4.69, 9.17) is 14.9 Å². The van der Waals surface area contributed by atoms with Gasteiger partial charge in [0.2, 0.25) is 0 Å². The van der Waals surface area contributed by atoms with Gasteiger partial charge in [-0.1, -0.05) is 72.6 Å². The number of ketones is 1. The Balaban J connectivity index is 0. The van der Waals surface area contributed by atoms with Crippen LogP contribution in [-0.4, -0.2) is 30.2 Å². The molecule has 0 aliphatic heterocycles. The minimum atomic E-state index is -0.502. The first-order valence-corrected chi connectivity index (χ1v) is 13.6. The van der Waals surface area contributed by atoms with Crippen LogP contribution in [0.25, 0.3) is 0 Å². The third-order valence-electron chi connectivity index (χ3n) is 5.85. The van der Waals surface area contributed by atoms with Gasteiger partial charge in [-0.15, -0.1) is 6.42 Å². The van der Waals surface area contributed by atoms with Crippen LogP contribution < -0.4 is 34.3 Å². The number of para-hydroxylation sites is 1. The maximum Gasteiger partial charge on any atom is 1.00 e. The smallest absolute Gasteiger partial charge is 0.490 e. The number of esters is 1. The van der Waals surface area contributed by atoms with Crippen LogP contribution in [0.2, 0.25) is 0 Å². The Morgan fingerprint density at radius 1 is 1.11 bits per heavy atom. The molecular weight excluding hydrogens is 473 g/mol. The van der Waals surface area contributed by atoms with E-state index in [1.54, 1.807) is 6.92 Å². The Morgan fingerprint density at radius 2 is 1.65 bits per heavy atom. The van der Waals surface area contributed by atoms with Gasteiger partial charge in [0.15, 0.2) is 0 Å². The van der Waals surface area contributed by atoms with E-state index in [1.807, 2.05) is 33.8 Å². The van der Waals surface area contributed by atoms with Crippen molar-refractivity contribution in [3.05, 3.63) is 48.4 Å². The van der Waals surface area contributed by atoms with Crippen molar-refractivity contribution >= 4 is 17.5 Å². The second-order valence-corrected chi connectivity index (χ2v) is 9.20. The standard InChI is InChI=1S/C14H22O.C10H12NO2.C5H9O.C2H6.Na/c1-4-8-13(9-5-2)15-14-11-7-6-10-12(14)3;1-2-13-10(12)9(11)7-4-3-6-5-8(6)7;1-4(2)5(3)6;1-2;/h6-7,10-11,13H,4-5,8-9H2,1-3H3;6,8,11H,2-3,5H2,1H3;4H,3H2,1-2H3;1-2H3;/q;2*-1;;+1. The predicted molar refractivity (Wildman–Crippen MR) is 149 cm³/mol. The van der Waals surface area contributed by atoms with Crippen LogP contribution in [0.4, 0.5) is 0 Å². The van der Waals surface area contributed by atoms with Gasteiger partial charge < -0.3 is 26.6 Å². The summed E-state index contributed by atoms with van der Waals surface area (Å²) < 4.78 is 10.8. The molecule has 2 unspecified atom stereocenters. The molecular formula is C31H49NNaO4-. The molecule has 0 amide bonds. The number of carbonyl (C=O) groups is 2. The molecule has 2 atom stereocenters. The molecule has 1 aromatic carbocycles. The van der Waals surface area contributed by atoms with Crippen molar-refractivity contribution in [1.82, 2.24) is 0 Å². The van der Waals surface area contributed by atoms with Gasteiger partial charge in [0.25, 0.3) is 5.97 Å². The first kappa shape index (κ1) is 37.6. The van der Waals surface area contributed by atoms with Crippen LogP contribution >= 0.6 is 0 Å². The van der Waals surface area contributed by atoms with Crippen molar-refractivity contribution < 1.29 is 48.6 Å². The Hall–Kier alpha value is -1.56. The number of fused-ring (bicyclic) bond motifs is 1. The number of rotatable bonds is 10. The molecule has 1 aromatic rings. The minimum Gasteiger partial charge on any atom is -0.490 e. The average molecular weight is 523 g/mol. The molecule has 37 heavy (non-hydrogen) atoms. The summed E-state index contributed by atoms with van der Waals surface area (Å²) in [6.45, 7) is 19.5. The van der Waals surface area contributed by atoms with Crippen molar-refractivity contribution in [2.45, 2.75) is 100 Å². The first-order chi connectivity index (χ1) is 17.2. The van der Waals surface area contributed by atoms with Crippen molar-refractivity contribution in [3.8, 4) is 5.75 Å². The molecule has 6 heteroatoms. The fraction of sp³-hybridized carbons (Fsp3) is 0.613. The van der Waals surface area contributed by atoms with E-state index < -0.39 is 5.97 Å². The van der Waals surface area contributed by atoms with Crippen molar-refractivity contribution in [1.29, 1.82) is 5.41 Å². The maximum atomic E-state index is 11.2. The zero-order valence-corrected chi connectivity index (χ0v) is 26.9. The second kappa shape index (κ2) is 21.4. The summed E-state index contributed by atoms with van der Waals surface area (Å²) in [5.74, 6) is 1.77. The molecule has 0 saturated heterocycles. The van der Waals surface area contributed by atoms with Gasteiger partial charge in [-0.2, -0.15) is 5.57 Å². The molecule has 0 aromatic heterocycles. The van der Waals surface area contributed by atoms with E-state index in [-0.39, 0.29) is 47.0 Å². The SMILES string of the molecule is CC.CCCC(CCC)Oc1ccccc1C.CCOC(=O)C(=N)C1=[C-]CC2CC12.[CH2-]C(=O)C(C)C.[Na+]. The monoisotopic (exact) mass is 522 g/mol.